The summed E-state index contributed by atoms with van der Waals surface area (Å²) in [6, 6.07) is 6.37. The predicted molar refractivity (Wildman–Crippen MR) is 85.2 cm³/mol. The first-order valence-electron chi connectivity index (χ1n) is 7.97. The van der Waals surface area contributed by atoms with E-state index >= 15 is 0 Å². The third-order valence-corrected chi connectivity index (χ3v) is 4.75. The van der Waals surface area contributed by atoms with Crippen LogP contribution in [0.2, 0.25) is 0 Å². The van der Waals surface area contributed by atoms with Gasteiger partial charge in [-0.25, -0.2) is 0 Å². The van der Waals surface area contributed by atoms with Gasteiger partial charge in [0.2, 0.25) is 0 Å². The first kappa shape index (κ1) is 14.9. The van der Waals surface area contributed by atoms with Crippen LogP contribution in [0.15, 0.2) is 18.2 Å². The SMILES string of the molecule is CCc1cc(OC2CC2)cc(B2OC(C)(C)C(C)(C)O2)c1. The Balaban J connectivity index is 1.87. The lowest BCUT2D eigenvalue weighted by atomic mass is 9.78. The lowest BCUT2D eigenvalue weighted by Crippen LogP contribution is -2.41. The molecule has 0 bridgehead atoms. The van der Waals surface area contributed by atoms with Gasteiger partial charge in [-0.15, -0.1) is 0 Å². The molecule has 2 aliphatic rings. The molecule has 1 aromatic rings. The molecular formula is C17H25BO3. The Labute approximate surface area is 128 Å². The molecule has 114 valence electrons. The minimum Gasteiger partial charge on any atom is -0.490 e. The van der Waals surface area contributed by atoms with Gasteiger partial charge >= 0.3 is 7.12 Å². The molecule has 1 aliphatic heterocycles. The maximum atomic E-state index is 6.15. The van der Waals surface area contributed by atoms with Crippen molar-refractivity contribution < 1.29 is 14.0 Å². The average molecular weight is 288 g/mol. The highest BCUT2D eigenvalue weighted by Crippen LogP contribution is 2.37. The van der Waals surface area contributed by atoms with E-state index in [0.29, 0.717) is 6.10 Å². The van der Waals surface area contributed by atoms with Gasteiger partial charge < -0.3 is 14.0 Å². The summed E-state index contributed by atoms with van der Waals surface area (Å²) >= 11 is 0. The molecule has 0 aromatic heterocycles. The van der Waals surface area contributed by atoms with Crippen LogP contribution in [-0.4, -0.2) is 24.4 Å². The number of hydrogen-bond donors (Lipinski definition) is 0. The summed E-state index contributed by atoms with van der Waals surface area (Å²) in [6.07, 6.45) is 3.72. The molecular weight excluding hydrogens is 263 g/mol. The van der Waals surface area contributed by atoms with Gasteiger partial charge in [-0.2, -0.15) is 0 Å². The number of hydrogen-bond acceptors (Lipinski definition) is 3. The maximum absolute atomic E-state index is 6.15. The highest BCUT2D eigenvalue weighted by molar-refractivity contribution is 6.62. The first-order valence-corrected chi connectivity index (χ1v) is 7.97. The molecule has 1 heterocycles. The van der Waals surface area contributed by atoms with Gasteiger partial charge in [-0.1, -0.05) is 13.0 Å². The van der Waals surface area contributed by atoms with Crippen molar-refractivity contribution in [2.45, 2.75) is 71.2 Å². The summed E-state index contributed by atoms with van der Waals surface area (Å²) in [5.41, 5.74) is 1.70. The van der Waals surface area contributed by atoms with E-state index in [-0.39, 0.29) is 18.3 Å². The van der Waals surface area contributed by atoms with Gasteiger partial charge in [0.05, 0.1) is 17.3 Å². The molecule has 0 spiro atoms. The molecule has 21 heavy (non-hydrogen) atoms. The molecule has 0 atom stereocenters. The zero-order valence-electron chi connectivity index (χ0n) is 13.7. The van der Waals surface area contributed by atoms with Gasteiger partial charge in [0.25, 0.3) is 0 Å². The van der Waals surface area contributed by atoms with Crippen LogP contribution in [0.1, 0.15) is 53.0 Å². The molecule has 4 heteroatoms. The summed E-state index contributed by atoms with van der Waals surface area (Å²) in [5, 5.41) is 0. The van der Waals surface area contributed by atoms with E-state index in [1.54, 1.807) is 0 Å². The molecule has 1 saturated carbocycles. The summed E-state index contributed by atoms with van der Waals surface area (Å²) in [5.74, 6) is 0.946. The van der Waals surface area contributed by atoms with Crippen LogP contribution in [0.3, 0.4) is 0 Å². The zero-order chi connectivity index (χ0) is 15.3. The van der Waals surface area contributed by atoms with Gasteiger partial charge in [-0.05, 0) is 70.1 Å². The fourth-order valence-corrected chi connectivity index (χ4v) is 2.45. The molecule has 1 aliphatic carbocycles. The Morgan fingerprint density at radius 1 is 1.10 bits per heavy atom. The Morgan fingerprint density at radius 2 is 1.71 bits per heavy atom. The summed E-state index contributed by atoms with van der Waals surface area (Å²) in [4.78, 5) is 0. The first-order chi connectivity index (χ1) is 9.80. The highest BCUT2D eigenvalue weighted by Gasteiger charge is 2.51. The molecule has 3 rings (SSSR count). The number of rotatable bonds is 4. The normalized spacial score (nSPS) is 23.4. The quantitative estimate of drug-likeness (QED) is 0.797. The summed E-state index contributed by atoms with van der Waals surface area (Å²) in [6.45, 7) is 10.5. The largest absolute Gasteiger partial charge is 0.494 e. The van der Waals surface area contributed by atoms with Gasteiger partial charge in [-0.3, -0.25) is 0 Å². The van der Waals surface area contributed by atoms with E-state index in [4.69, 9.17) is 14.0 Å². The second-order valence-corrected chi connectivity index (χ2v) is 7.17. The van der Waals surface area contributed by atoms with Gasteiger partial charge in [0.1, 0.15) is 5.75 Å². The van der Waals surface area contributed by atoms with Crippen molar-refractivity contribution in [3.63, 3.8) is 0 Å². The van der Waals surface area contributed by atoms with Crippen molar-refractivity contribution in [3.05, 3.63) is 23.8 Å². The lowest BCUT2D eigenvalue weighted by molar-refractivity contribution is 0.00578. The number of aryl methyl sites for hydroxylation is 1. The van der Waals surface area contributed by atoms with Crippen LogP contribution >= 0.6 is 0 Å². The van der Waals surface area contributed by atoms with Crippen LogP contribution in [0, 0.1) is 0 Å². The highest BCUT2D eigenvalue weighted by atomic mass is 16.7. The standard InChI is InChI=1S/C17H25BO3/c1-6-12-9-13(11-15(10-12)19-14-7-8-14)18-20-16(2,3)17(4,5)21-18/h9-11,14H,6-8H2,1-5H3. The van der Waals surface area contributed by atoms with Crippen molar-refractivity contribution in [2.75, 3.05) is 0 Å². The minimum absolute atomic E-state index is 0.308. The minimum atomic E-state index is -0.317. The van der Waals surface area contributed by atoms with Crippen LogP contribution in [-0.2, 0) is 15.7 Å². The predicted octanol–water partition coefficient (Wildman–Crippen LogP) is 3.09. The number of ether oxygens (including phenoxy) is 1. The third kappa shape index (κ3) is 2.97. The van der Waals surface area contributed by atoms with E-state index in [0.717, 1.165) is 17.6 Å². The lowest BCUT2D eigenvalue weighted by Gasteiger charge is -2.32. The van der Waals surface area contributed by atoms with Gasteiger partial charge in [0, 0.05) is 0 Å². The molecule has 1 aromatic carbocycles. The fraction of sp³-hybridized carbons (Fsp3) is 0.647. The van der Waals surface area contributed by atoms with E-state index in [9.17, 15) is 0 Å². The third-order valence-electron chi connectivity index (χ3n) is 4.75. The zero-order valence-corrected chi connectivity index (χ0v) is 13.7. The monoisotopic (exact) mass is 288 g/mol. The maximum Gasteiger partial charge on any atom is 0.494 e. The van der Waals surface area contributed by atoms with Crippen LogP contribution in [0.5, 0.6) is 5.75 Å². The Kier molecular flexibility index (Phi) is 3.57. The molecule has 2 fully saturated rings. The number of benzene rings is 1. The summed E-state index contributed by atoms with van der Waals surface area (Å²) < 4.78 is 18.3. The topological polar surface area (TPSA) is 27.7 Å². The average Bonchev–Trinajstić information content (AvgIpc) is 3.16. The molecule has 0 unspecified atom stereocenters. The van der Waals surface area contributed by atoms with Crippen LogP contribution < -0.4 is 10.2 Å². The second-order valence-electron chi connectivity index (χ2n) is 7.17. The Morgan fingerprint density at radius 3 is 2.24 bits per heavy atom. The molecule has 1 saturated heterocycles. The van der Waals surface area contributed by atoms with E-state index < -0.39 is 0 Å². The summed E-state index contributed by atoms with van der Waals surface area (Å²) in [7, 11) is -0.317. The van der Waals surface area contributed by atoms with Crippen molar-refractivity contribution >= 4 is 12.6 Å². The molecule has 0 N–H and O–H groups in total. The van der Waals surface area contributed by atoms with Crippen molar-refractivity contribution in [1.82, 2.24) is 0 Å². The molecule has 0 amide bonds. The van der Waals surface area contributed by atoms with Gasteiger partial charge in [0.15, 0.2) is 0 Å². The second kappa shape index (κ2) is 5.03. The van der Waals surface area contributed by atoms with E-state index in [1.165, 1.54) is 18.4 Å². The molecule has 3 nitrogen and oxygen atoms in total. The molecule has 0 radical (unpaired) electrons. The Hall–Kier alpha value is -0.995. The van der Waals surface area contributed by atoms with Crippen molar-refractivity contribution in [1.29, 1.82) is 0 Å². The van der Waals surface area contributed by atoms with E-state index in [1.807, 2.05) is 0 Å². The fourth-order valence-electron chi connectivity index (χ4n) is 2.45. The van der Waals surface area contributed by atoms with Crippen LogP contribution in [0.4, 0.5) is 0 Å². The van der Waals surface area contributed by atoms with Crippen molar-refractivity contribution in [2.24, 2.45) is 0 Å². The smallest absolute Gasteiger partial charge is 0.490 e. The van der Waals surface area contributed by atoms with E-state index in [2.05, 4.69) is 52.8 Å². The van der Waals surface area contributed by atoms with Crippen LogP contribution in [0.25, 0.3) is 0 Å². The Bertz CT molecular complexity index is 519. The van der Waals surface area contributed by atoms with Crippen molar-refractivity contribution in [3.8, 4) is 5.75 Å².